The second-order valence-electron chi connectivity index (χ2n) is 3.28. The average molecular weight is 239 g/mol. The molecule has 0 unspecified atom stereocenters. The molecule has 1 rings (SSSR count). The largest absolute Gasteiger partial charge is 0.490 e. The van der Waals surface area contributed by atoms with E-state index in [1.165, 1.54) is 7.11 Å². The molecule has 0 spiro atoms. The van der Waals surface area contributed by atoms with E-state index in [0.29, 0.717) is 24.7 Å². The van der Waals surface area contributed by atoms with Crippen molar-refractivity contribution in [1.29, 1.82) is 0 Å². The molecule has 0 saturated carbocycles. The SMILES string of the molecule is CCOc1cc(CN)ccc1OCC(=O)OC. The molecule has 1 aromatic rings. The number of benzene rings is 1. The van der Waals surface area contributed by atoms with Crippen molar-refractivity contribution < 1.29 is 19.0 Å². The monoisotopic (exact) mass is 239 g/mol. The van der Waals surface area contributed by atoms with E-state index in [-0.39, 0.29) is 6.61 Å². The highest BCUT2D eigenvalue weighted by Gasteiger charge is 2.08. The van der Waals surface area contributed by atoms with Crippen molar-refractivity contribution >= 4 is 5.97 Å². The molecule has 0 aliphatic heterocycles. The Morgan fingerprint density at radius 1 is 1.29 bits per heavy atom. The van der Waals surface area contributed by atoms with Crippen LogP contribution in [0.2, 0.25) is 0 Å². The van der Waals surface area contributed by atoms with E-state index in [9.17, 15) is 4.79 Å². The van der Waals surface area contributed by atoms with E-state index in [1.807, 2.05) is 13.0 Å². The Hall–Kier alpha value is -1.75. The second-order valence-corrected chi connectivity index (χ2v) is 3.28. The van der Waals surface area contributed by atoms with Gasteiger partial charge in [-0.1, -0.05) is 6.07 Å². The van der Waals surface area contributed by atoms with Gasteiger partial charge >= 0.3 is 5.97 Å². The van der Waals surface area contributed by atoms with Crippen LogP contribution in [0.25, 0.3) is 0 Å². The molecule has 0 aliphatic carbocycles. The first kappa shape index (κ1) is 13.3. The fraction of sp³-hybridized carbons (Fsp3) is 0.417. The van der Waals surface area contributed by atoms with Crippen LogP contribution in [0.4, 0.5) is 0 Å². The second kappa shape index (κ2) is 6.75. The Morgan fingerprint density at radius 3 is 2.65 bits per heavy atom. The van der Waals surface area contributed by atoms with Crippen molar-refractivity contribution in [3.8, 4) is 11.5 Å². The lowest BCUT2D eigenvalue weighted by Crippen LogP contribution is -2.13. The van der Waals surface area contributed by atoms with Gasteiger partial charge in [-0.25, -0.2) is 4.79 Å². The number of nitrogens with two attached hydrogens (primary N) is 1. The first-order chi connectivity index (χ1) is 8.21. The molecule has 0 bridgehead atoms. The molecule has 94 valence electrons. The Balaban J connectivity index is 2.78. The molecule has 0 radical (unpaired) electrons. The van der Waals surface area contributed by atoms with Crippen LogP contribution < -0.4 is 15.2 Å². The van der Waals surface area contributed by atoms with Crippen LogP contribution in [0.15, 0.2) is 18.2 Å². The van der Waals surface area contributed by atoms with Gasteiger partial charge < -0.3 is 19.9 Å². The fourth-order valence-electron chi connectivity index (χ4n) is 1.26. The molecule has 17 heavy (non-hydrogen) atoms. The lowest BCUT2D eigenvalue weighted by molar-refractivity contribution is -0.142. The Labute approximate surface area is 100 Å². The quantitative estimate of drug-likeness (QED) is 0.752. The summed E-state index contributed by atoms with van der Waals surface area (Å²) in [6.07, 6.45) is 0. The number of carbonyl (C=O) groups excluding carboxylic acids is 1. The number of hydrogen-bond acceptors (Lipinski definition) is 5. The van der Waals surface area contributed by atoms with Crippen molar-refractivity contribution in [2.24, 2.45) is 5.73 Å². The summed E-state index contributed by atoms with van der Waals surface area (Å²) in [7, 11) is 1.31. The molecule has 0 atom stereocenters. The summed E-state index contributed by atoms with van der Waals surface area (Å²) in [5, 5.41) is 0. The molecule has 0 fully saturated rings. The van der Waals surface area contributed by atoms with Crippen LogP contribution in [0.3, 0.4) is 0 Å². The molecular formula is C12H17NO4. The molecule has 0 heterocycles. The summed E-state index contributed by atoms with van der Waals surface area (Å²) in [4.78, 5) is 11.0. The first-order valence-electron chi connectivity index (χ1n) is 5.36. The Morgan fingerprint density at radius 2 is 2.06 bits per heavy atom. The van der Waals surface area contributed by atoms with Gasteiger partial charge in [-0.3, -0.25) is 0 Å². The number of esters is 1. The lowest BCUT2D eigenvalue weighted by Gasteiger charge is -2.12. The average Bonchev–Trinajstić information content (AvgIpc) is 2.37. The molecule has 0 aliphatic rings. The van der Waals surface area contributed by atoms with Gasteiger partial charge in [0.05, 0.1) is 13.7 Å². The molecule has 5 nitrogen and oxygen atoms in total. The van der Waals surface area contributed by atoms with E-state index in [1.54, 1.807) is 12.1 Å². The van der Waals surface area contributed by atoms with Gasteiger partial charge in [-0.15, -0.1) is 0 Å². The number of carbonyl (C=O) groups is 1. The number of hydrogen-bond donors (Lipinski definition) is 1. The summed E-state index contributed by atoms with van der Waals surface area (Å²) < 4.78 is 15.2. The molecule has 0 aromatic heterocycles. The van der Waals surface area contributed by atoms with Crippen LogP contribution in [-0.4, -0.2) is 26.3 Å². The Bertz CT molecular complexity index is 379. The third kappa shape index (κ3) is 3.96. The molecule has 1 aromatic carbocycles. The van der Waals surface area contributed by atoms with Crippen molar-refractivity contribution in [1.82, 2.24) is 0 Å². The highest BCUT2D eigenvalue weighted by Crippen LogP contribution is 2.28. The zero-order valence-electron chi connectivity index (χ0n) is 10.1. The zero-order valence-corrected chi connectivity index (χ0v) is 10.1. The van der Waals surface area contributed by atoms with E-state index in [0.717, 1.165) is 5.56 Å². The minimum absolute atomic E-state index is 0.140. The minimum Gasteiger partial charge on any atom is -0.490 e. The summed E-state index contributed by atoms with van der Waals surface area (Å²) in [6.45, 7) is 2.68. The normalized spacial score (nSPS) is 9.82. The van der Waals surface area contributed by atoms with E-state index in [2.05, 4.69) is 4.74 Å². The minimum atomic E-state index is -0.435. The van der Waals surface area contributed by atoms with Gasteiger partial charge in [-0.05, 0) is 24.6 Å². The number of rotatable bonds is 6. The zero-order chi connectivity index (χ0) is 12.7. The summed E-state index contributed by atoms with van der Waals surface area (Å²) in [5.41, 5.74) is 6.48. The van der Waals surface area contributed by atoms with Crippen LogP contribution in [-0.2, 0) is 16.1 Å². The van der Waals surface area contributed by atoms with Crippen molar-refractivity contribution in [3.63, 3.8) is 0 Å². The lowest BCUT2D eigenvalue weighted by atomic mass is 10.2. The predicted molar refractivity (Wildman–Crippen MR) is 63.0 cm³/mol. The van der Waals surface area contributed by atoms with Crippen molar-refractivity contribution in [2.75, 3.05) is 20.3 Å². The van der Waals surface area contributed by atoms with Crippen LogP contribution in [0, 0.1) is 0 Å². The molecule has 2 N–H and O–H groups in total. The van der Waals surface area contributed by atoms with Gasteiger partial charge in [0.15, 0.2) is 18.1 Å². The molecule has 0 saturated heterocycles. The molecule has 5 heteroatoms. The van der Waals surface area contributed by atoms with Crippen LogP contribution in [0.1, 0.15) is 12.5 Å². The maximum absolute atomic E-state index is 11.0. The maximum atomic E-state index is 11.0. The third-order valence-corrected chi connectivity index (χ3v) is 2.12. The first-order valence-corrected chi connectivity index (χ1v) is 5.36. The topological polar surface area (TPSA) is 70.8 Å². The van der Waals surface area contributed by atoms with Gasteiger partial charge in [0.1, 0.15) is 0 Å². The van der Waals surface area contributed by atoms with Gasteiger partial charge in [0.2, 0.25) is 0 Å². The standard InChI is InChI=1S/C12H17NO4/c1-3-16-11-6-9(7-13)4-5-10(11)17-8-12(14)15-2/h4-6H,3,7-8,13H2,1-2H3. The highest BCUT2D eigenvalue weighted by atomic mass is 16.6. The van der Waals surface area contributed by atoms with Crippen molar-refractivity contribution in [2.45, 2.75) is 13.5 Å². The van der Waals surface area contributed by atoms with Crippen molar-refractivity contribution in [3.05, 3.63) is 23.8 Å². The summed E-state index contributed by atoms with van der Waals surface area (Å²) in [6, 6.07) is 5.36. The van der Waals surface area contributed by atoms with E-state index < -0.39 is 5.97 Å². The molecular weight excluding hydrogens is 222 g/mol. The van der Waals surface area contributed by atoms with E-state index >= 15 is 0 Å². The summed E-state index contributed by atoms with van der Waals surface area (Å²) >= 11 is 0. The van der Waals surface area contributed by atoms with Gasteiger partial charge in [-0.2, -0.15) is 0 Å². The third-order valence-electron chi connectivity index (χ3n) is 2.12. The maximum Gasteiger partial charge on any atom is 0.343 e. The smallest absolute Gasteiger partial charge is 0.343 e. The Kier molecular flexibility index (Phi) is 5.29. The van der Waals surface area contributed by atoms with Gasteiger partial charge in [0.25, 0.3) is 0 Å². The number of methoxy groups -OCH3 is 1. The molecule has 0 amide bonds. The van der Waals surface area contributed by atoms with Gasteiger partial charge in [0, 0.05) is 6.54 Å². The van der Waals surface area contributed by atoms with Crippen LogP contribution in [0.5, 0.6) is 11.5 Å². The summed E-state index contributed by atoms with van der Waals surface area (Å²) in [5.74, 6) is 0.657. The highest BCUT2D eigenvalue weighted by molar-refractivity contribution is 5.71. The number of ether oxygens (including phenoxy) is 3. The fourth-order valence-corrected chi connectivity index (χ4v) is 1.26. The predicted octanol–water partition coefficient (Wildman–Crippen LogP) is 1.10. The van der Waals surface area contributed by atoms with Crippen LogP contribution >= 0.6 is 0 Å². The van der Waals surface area contributed by atoms with E-state index in [4.69, 9.17) is 15.2 Å².